The topological polar surface area (TPSA) is 98.6 Å². The molecule has 1 unspecified atom stereocenters. The number of nitrogens with zero attached hydrogens (tertiary/aromatic N) is 2. The third-order valence-corrected chi connectivity index (χ3v) is 4.18. The van der Waals surface area contributed by atoms with Crippen molar-refractivity contribution in [3.8, 4) is 6.07 Å². The van der Waals surface area contributed by atoms with Crippen molar-refractivity contribution in [3.05, 3.63) is 51.9 Å². The molecule has 0 aliphatic rings. The summed E-state index contributed by atoms with van der Waals surface area (Å²) in [6.45, 7) is 3.75. The maximum absolute atomic E-state index is 12.3. The molecule has 1 atom stereocenters. The van der Waals surface area contributed by atoms with E-state index >= 15 is 0 Å². The molecule has 2 aromatic rings. The summed E-state index contributed by atoms with van der Waals surface area (Å²) in [6, 6.07) is 10.2. The number of H-pyrrole nitrogens is 1. The average molecular weight is 342 g/mol. The summed E-state index contributed by atoms with van der Waals surface area (Å²) < 4.78 is 0. The zero-order valence-electron chi connectivity index (χ0n) is 13.5. The van der Waals surface area contributed by atoms with E-state index in [0.717, 1.165) is 18.5 Å². The van der Waals surface area contributed by atoms with Gasteiger partial charge in [-0.15, -0.1) is 0 Å². The Morgan fingerprint density at radius 2 is 2.25 bits per heavy atom. The van der Waals surface area contributed by atoms with E-state index in [0.29, 0.717) is 16.4 Å². The third kappa shape index (κ3) is 4.96. The molecular formula is C17H18N4O2S. The number of hydrogen-bond acceptors (Lipinski definition) is 5. The van der Waals surface area contributed by atoms with Crippen molar-refractivity contribution in [2.24, 2.45) is 0 Å². The van der Waals surface area contributed by atoms with Crippen LogP contribution in [0.25, 0.3) is 0 Å². The van der Waals surface area contributed by atoms with Gasteiger partial charge in [0.25, 0.3) is 5.56 Å². The molecule has 1 aromatic heterocycles. The Balaban J connectivity index is 2.06. The van der Waals surface area contributed by atoms with Crippen LogP contribution in [-0.4, -0.2) is 21.1 Å². The van der Waals surface area contributed by atoms with Crippen LogP contribution in [-0.2, 0) is 11.2 Å². The fourth-order valence-corrected chi connectivity index (χ4v) is 2.89. The van der Waals surface area contributed by atoms with E-state index in [1.54, 1.807) is 31.2 Å². The van der Waals surface area contributed by atoms with Gasteiger partial charge in [0.05, 0.1) is 16.9 Å². The Labute approximate surface area is 144 Å². The zero-order chi connectivity index (χ0) is 17.5. The summed E-state index contributed by atoms with van der Waals surface area (Å²) >= 11 is 1.19. The standard InChI is InChI=1S/C17H18N4O2S/c1-3-5-13-9-15(22)21-17(20-13)24-11(2)16(23)19-14-7-4-6-12(8-14)10-18/h4,6-9,11H,3,5H2,1-2H3,(H,19,23)(H,20,21,22). The Hall–Kier alpha value is -2.59. The Morgan fingerprint density at radius 1 is 1.46 bits per heavy atom. The lowest BCUT2D eigenvalue weighted by Gasteiger charge is -2.12. The van der Waals surface area contributed by atoms with Crippen molar-refractivity contribution in [1.29, 1.82) is 5.26 Å². The quantitative estimate of drug-likeness (QED) is 0.621. The minimum Gasteiger partial charge on any atom is -0.325 e. The second kappa shape index (κ2) is 8.31. The summed E-state index contributed by atoms with van der Waals surface area (Å²) in [4.78, 5) is 30.9. The van der Waals surface area contributed by atoms with Crippen LogP contribution in [0.4, 0.5) is 5.69 Å². The SMILES string of the molecule is CCCc1cc(=O)[nH]c(SC(C)C(=O)Nc2cccc(C#N)c2)n1. The molecule has 0 spiro atoms. The number of rotatable bonds is 6. The van der Waals surface area contributed by atoms with Crippen molar-refractivity contribution in [2.75, 3.05) is 5.32 Å². The predicted octanol–water partition coefficient (Wildman–Crippen LogP) is 2.71. The van der Waals surface area contributed by atoms with E-state index in [1.165, 1.54) is 17.8 Å². The number of nitriles is 1. The molecular weight excluding hydrogens is 324 g/mol. The molecule has 124 valence electrons. The first kappa shape index (κ1) is 17.8. The molecule has 2 rings (SSSR count). The van der Waals surface area contributed by atoms with Crippen LogP contribution in [0, 0.1) is 11.3 Å². The number of aromatic amines is 1. The number of thioether (sulfide) groups is 1. The highest BCUT2D eigenvalue weighted by Crippen LogP contribution is 2.20. The van der Waals surface area contributed by atoms with Crippen molar-refractivity contribution in [2.45, 2.75) is 37.1 Å². The van der Waals surface area contributed by atoms with E-state index in [1.807, 2.05) is 13.0 Å². The number of benzene rings is 1. The molecule has 0 saturated heterocycles. The fraction of sp³-hybridized carbons (Fsp3) is 0.294. The smallest absolute Gasteiger partial charge is 0.251 e. The predicted molar refractivity (Wildman–Crippen MR) is 94.0 cm³/mol. The number of aryl methyl sites for hydroxylation is 1. The highest BCUT2D eigenvalue weighted by Gasteiger charge is 2.16. The van der Waals surface area contributed by atoms with Gasteiger partial charge in [-0.05, 0) is 31.5 Å². The van der Waals surface area contributed by atoms with Crippen LogP contribution in [0.5, 0.6) is 0 Å². The molecule has 0 radical (unpaired) electrons. The van der Waals surface area contributed by atoms with Gasteiger partial charge < -0.3 is 10.3 Å². The third-order valence-electron chi connectivity index (χ3n) is 3.20. The van der Waals surface area contributed by atoms with E-state index < -0.39 is 5.25 Å². The molecule has 6 nitrogen and oxygen atoms in total. The van der Waals surface area contributed by atoms with Crippen LogP contribution in [0.1, 0.15) is 31.5 Å². The lowest BCUT2D eigenvalue weighted by Crippen LogP contribution is -2.23. The summed E-state index contributed by atoms with van der Waals surface area (Å²) in [6.07, 6.45) is 1.62. The van der Waals surface area contributed by atoms with Gasteiger partial charge in [-0.3, -0.25) is 9.59 Å². The van der Waals surface area contributed by atoms with Crippen LogP contribution in [0.3, 0.4) is 0 Å². The summed E-state index contributed by atoms with van der Waals surface area (Å²) in [5.74, 6) is -0.223. The van der Waals surface area contributed by atoms with Crippen molar-refractivity contribution >= 4 is 23.4 Å². The van der Waals surface area contributed by atoms with Gasteiger partial charge in [0, 0.05) is 17.4 Å². The van der Waals surface area contributed by atoms with Crippen molar-refractivity contribution < 1.29 is 4.79 Å². The first-order valence-electron chi connectivity index (χ1n) is 7.59. The number of anilines is 1. The molecule has 1 aromatic carbocycles. The van der Waals surface area contributed by atoms with Gasteiger partial charge in [0.1, 0.15) is 0 Å². The highest BCUT2D eigenvalue weighted by molar-refractivity contribution is 8.00. The van der Waals surface area contributed by atoms with Crippen molar-refractivity contribution in [1.82, 2.24) is 9.97 Å². The van der Waals surface area contributed by atoms with Gasteiger partial charge in [-0.25, -0.2) is 4.98 Å². The molecule has 0 bridgehead atoms. The summed E-state index contributed by atoms with van der Waals surface area (Å²) in [5, 5.41) is 11.6. The minimum atomic E-state index is -0.448. The minimum absolute atomic E-state index is 0.217. The second-order valence-electron chi connectivity index (χ2n) is 5.23. The summed E-state index contributed by atoms with van der Waals surface area (Å²) in [5.41, 5.74) is 1.54. The average Bonchev–Trinajstić information content (AvgIpc) is 2.54. The molecule has 2 N–H and O–H groups in total. The van der Waals surface area contributed by atoms with Gasteiger partial charge in [0.2, 0.25) is 5.91 Å². The molecule has 0 fully saturated rings. The largest absolute Gasteiger partial charge is 0.325 e. The lowest BCUT2D eigenvalue weighted by molar-refractivity contribution is -0.115. The number of carbonyl (C=O) groups excluding carboxylic acids is 1. The first-order chi connectivity index (χ1) is 11.5. The van der Waals surface area contributed by atoms with Crippen LogP contribution in [0.2, 0.25) is 0 Å². The lowest BCUT2D eigenvalue weighted by atomic mass is 10.2. The molecule has 1 heterocycles. The first-order valence-corrected chi connectivity index (χ1v) is 8.47. The second-order valence-corrected chi connectivity index (χ2v) is 6.56. The molecule has 0 aliphatic carbocycles. The number of amides is 1. The van der Waals surface area contributed by atoms with Gasteiger partial charge in [-0.1, -0.05) is 31.2 Å². The number of carbonyl (C=O) groups is 1. The van der Waals surface area contributed by atoms with E-state index in [-0.39, 0.29) is 11.5 Å². The molecule has 24 heavy (non-hydrogen) atoms. The monoisotopic (exact) mass is 342 g/mol. The molecule has 1 amide bonds. The number of hydrogen-bond donors (Lipinski definition) is 2. The van der Waals surface area contributed by atoms with Gasteiger partial charge >= 0.3 is 0 Å². The molecule has 0 aliphatic heterocycles. The van der Waals surface area contributed by atoms with Crippen LogP contribution >= 0.6 is 11.8 Å². The van der Waals surface area contributed by atoms with E-state index in [9.17, 15) is 9.59 Å². The maximum Gasteiger partial charge on any atom is 0.251 e. The fourth-order valence-electron chi connectivity index (χ4n) is 2.05. The van der Waals surface area contributed by atoms with E-state index in [4.69, 9.17) is 5.26 Å². The number of aromatic nitrogens is 2. The Morgan fingerprint density at radius 3 is 2.96 bits per heavy atom. The Kier molecular flexibility index (Phi) is 6.15. The zero-order valence-corrected chi connectivity index (χ0v) is 14.3. The summed E-state index contributed by atoms with van der Waals surface area (Å²) in [7, 11) is 0. The Bertz CT molecular complexity index is 826. The van der Waals surface area contributed by atoms with E-state index in [2.05, 4.69) is 15.3 Å². The normalized spacial score (nSPS) is 11.5. The van der Waals surface area contributed by atoms with Crippen LogP contribution < -0.4 is 10.9 Å². The maximum atomic E-state index is 12.3. The highest BCUT2D eigenvalue weighted by atomic mass is 32.2. The molecule has 7 heteroatoms. The molecule has 0 saturated carbocycles. The van der Waals surface area contributed by atoms with Crippen molar-refractivity contribution in [3.63, 3.8) is 0 Å². The van der Waals surface area contributed by atoms with Gasteiger partial charge in [0.15, 0.2) is 5.16 Å². The van der Waals surface area contributed by atoms with Gasteiger partial charge in [-0.2, -0.15) is 5.26 Å². The number of nitrogens with one attached hydrogen (secondary N) is 2. The van der Waals surface area contributed by atoms with Crippen LogP contribution in [0.15, 0.2) is 40.3 Å².